The molecular formula is C26H29ClF2N8O4S. The fourth-order valence-corrected chi connectivity index (χ4v) is 5.85. The lowest BCUT2D eigenvalue weighted by molar-refractivity contribution is -0.0494. The molecule has 0 spiro atoms. The lowest BCUT2D eigenvalue weighted by Crippen LogP contribution is -2.36. The number of likely N-dealkylation sites (tertiary alicyclic amines) is 1. The van der Waals surface area contributed by atoms with Crippen molar-refractivity contribution < 1.29 is 26.7 Å². The van der Waals surface area contributed by atoms with E-state index in [0.717, 1.165) is 0 Å². The molecule has 0 bridgehead atoms. The van der Waals surface area contributed by atoms with Crippen LogP contribution in [0.3, 0.4) is 0 Å². The van der Waals surface area contributed by atoms with Crippen molar-refractivity contribution >= 4 is 44.5 Å². The lowest BCUT2D eigenvalue weighted by Gasteiger charge is -2.32. The Morgan fingerprint density at radius 3 is 2.74 bits per heavy atom. The molecule has 1 aliphatic heterocycles. The summed E-state index contributed by atoms with van der Waals surface area (Å²) < 4.78 is 57.3. The van der Waals surface area contributed by atoms with Crippen LogP contribution in [0.15, 0.2) is 42.9 Å². The summed E-state index contributed by atoms with van der Waals surface area (Å²) in [6.07, 6.45) is 7.93. The fourth-order valence-electron chi connectivity index (χ4n) is 5.02. The molecule has 0 aliphatic carbocycles. The average Bonchev–Trinajstić information content (AvgIpc) is 3.49. The number of rotatable bonds is 10. The number of halogens is 3. The summed E-state index contributed by atoms with van der Waals surface area (Å²) >= 11 is 6.23. The van der Waals surface area contributed by atoms with Crippen molar-refractivity contribution in [1.29, 1.82) is 0 Å². The normalized spacial score (nSPS) is 15.0. The van der Waals surface area contributed by atoms with E-state index in [1.54, 1.807) is 23.1 Å². The minimum absolute atomic E-state index is 0.0344. The summed E-state index contributed by atoms with van der Waals surface area (Å²) in [6.45, 7) is -1.00. The molecule has 1 saturated heterocycles. The van der Waals surface area contributed by atoms with Gasteiger partial charge in [-0.3, -0.25) is 9.48 Å². The first kappa shape index (κ1) is 29.7. The molecule has 3 aromatic heterocycles. The maximum absolute atomic E-state index is 13.5. The second-order valence-electron chi connectivity index (χ2n) is 10.0. The van der Waals surface area contributed by atoms with Gasteiger partial charge in [0.15, 0.2) is 11.5 Å². The molecule has 4 aromatic rings. The van der Waals surface area contributed by atoms with Crippen molar-refractivity contribution in [3.63, 3.8) is 0 Å². The van der Waals surface area contributed by atoms with Gasteiger partial charge in [0, 0.05) is 48.5 Å². The maximum Gasteiger partial charge on any atom is 0.387 e. The number of hydrogen-bond donors (Lipinski definition) is 2. The van der Waals surface area contributed by atoms with Crippen LogP contribution in [0.4, 0.5) is 20.3 Å². The number of carbonyl (C=O) groups is 1. The number of benzene rings is 1. The van der Waals surface area contributed by atoms with E-state index in [9.17, 15) is 22.0 Å². The maximum atomic E-state index is 13.5. The van der Waals surface area contributed by atoms with Gasteiger partial charge < -0.3 is 20.7 Å². The van der Waals surface area contributed by atoms with Crippen LogP contribution >= 0.6 is 11.6 Å². The molecule has 0 saturated carbocycles. The zero-order chi connectivity index (χ0) is 30.0. The first-order chi connectivity index (χ1) is 20.0. The van der Waals surface area contributed by atoms with Gasteiger partial charge in [-0.1, -0.05) is 11.6 Å². The highest BCUT2D eigenvalue weighted by atomic mass is 35.5. The Morgan fingerprint density at radius 1 is 1.26 bits per heavy atom. The first-order valence-electron chi connectivity index (χ1n) is 13.1. The van der Waals surface area contributed by atoms with Gasteiger partial charge in [0.05, 0.1) is 17.5 Å². The monoisotopic (exact) mass is 622 g/mol. The Morgan fingerprint density at radius 2 is 2.02 bits per heavy atom. The smallest absolute Gasteiger partial charge is 0.387 e. The number of hydrogen-bond acceptors (Lipinski definition) is 9. The molecule has 16 heteroatoms. The van der Waals surface area contributed by atoms with Crippen LogP contribution in [0.5, 0.6) is 5.75 Å². The van der Waals surface area contributed by atoms with E-state index in [4.69, 9.17) is 27.2 Å². The zero-order valence-electron chi connectivity index (χ0n) is 22.6. The summed E-state index contributed by atoms with van der Waals surface area (Å²) in [5, 5.41) is 11.9. The minimum atomic E-state index is -3.10. The van der Waals surface area contributed by atoms with Crippen LogP contribution in [-0.2, 0) is 9.84 Å². The van der Waals surface area contributed by atoms with E-state index < -0.39 is 22.4 Å². The van der Waals surface area contributed by atoms with Crippen LogP contribution in [-0.4, -0.2) is 81.9 Å². The molecule has 1 fully saturated rings. The molecule has 5 rings (SSSR count). The molecule has 4 heterocycles. The average molecular weight is 623 g/mol. The number of ether oxygens (including phenoxy) is 1. The Bertz CT molecular complexity index is 1700. The first-order valence-corrected chi connectivity index (χ1v) is 15.6. The summed E-state index contributed by atoms with van der Waals surface area (Å²) in [5.74, 6) is -0.671. The van der Waals surface area contributed by atoms with E-state index >= 15 is 0 Å². The number of nitrogens with two attached hydrogens (primary N) is 1. The molecule has 1 amide bonds. The minimum Gasteiger partial charge on any atom is -0.434 e. The highest BCUT2D eigenvalue weighted by Gasteiger charge is 2.27. The van der Waals surface area contributed by atoms with Gasteiger partial charge >= 0.3 is 6.61 Å². The number of nitrogens with one attached hydrogen (secondary N) is 1. The second-order valence-corrected chi connectivity index (χ2v) is 12.7. The summed E-state index contributed by atoms with van der Waals surface area (Å²) in [4.78, 5) is 19.9. The van der Waals surface area contributed by atoms with E-state index in [2.05, 4.69) is 20.3 Å². The standard InChI is InChI=1S/C26H29ClF2N8O4S/c1-42(39,40)13-3-9-35-11-6-17(7-12-35)37-15-19(22(33-37)18-14-16(27)4-5-20(18)41-26(28)29)32-25(38)21-23(30)34-36-10-2-8-31-24(21)36/h2,4-5,8,10,14-15,17,26H,3,6-7,9,11-13H2,1H3,(H2,30,34)(H,32,38). The van der Waals surface area contributed by atoms with Crippen molar-refractivity contribution in [3.8, 4) is 17.0 Å². The highest BCUT2D eigenvalue weighted by molar-refractivity contribution is 7.90. The van der Waals surface area contributed by atoms with E-state index in [0.29, 0.717) is 38.9 Å². The number of nitrogen functional groups attached to an aromatic ring is 1. The molecule has 12 nitrogen and oxygen atoms in total. The molecular weight excluding hydrogens is 594 g/mol. The van der Waals surface area contributed by atoms with Gasteiger partial charge in [-0.2, -0.15) is 13.9 Å². The Labute approximate surface area is 245 Å². The molecule has 42 heavy (non-hydrogen) atoms. The molecule has 0 unspecified atom stereocenters. The number of amides is 1. The third-order valence-corrected chi connectivity index (χ3v) is 8.23. The third kappa shape index (κ3) is 6.79. The summed E-state index contributed by atoms with van der Waals surface area (Å²) in [6, 6.07) is 5.75. The van der Waals surface area contributed by atoms with Crippen LogP contribution in [0.1, 0.15) is 35.7 Å². The van der Waals surface area contributed by atoms with Crippen molar-refractivity contribution in [1.82, 2.24) is 29.3 Å². The number of nitrogens with zero attached hydrogens (tertiary/aromatic N) is 6. The zero-order valence-corrected chi connectivity index (χ0v) is 24.2. The van der Waals surface area contributed by atoms with Gasteiger partial charge in [-0.15, -0.1) is 5.10 Å². The Kier molecular flexibility index (Phi) is 8.61. The second kappa shape index (κ2) is 12.2. The topological polar surface area (TPSA) is 150 Å². The fraction of sp³-hybridized carbons (Fsp3) is 0.385. The van der Waals surface area contributed by atoms with Gasteiger partial charge in [0.25, 0.3) is 5.91 Å². The van der Waals surface area contributed by atoms with Crippen LogP contribution in [0.25, 0.3) is 16.9 Å². The molecule has 1 aliphatic rings. The van der Waals surface area contributed by atoms with E-state index in [1.807, 2.05) is 0 Å². The quantitative estimate of drug-likeness (QED) is 0.269. The number of aromatic nitrogens is 5. The van der Waals surface area contributed by atoms with Gasteiger partial charge in [0.1, 0.15) is 26.8 Å². The number of carbonyl (C=O) groups excluding carboxylic acids is 1. The molecule has 1 aromatic carbocycles. The number of alkyl halides is 2. The molecule has 3 N–H and O–H groups in total. The third-order valence-electron chi connectivity index (χ3n) is 6.96. The SMILES string of the molecule is CS(=O)(=O)CCCN1CCC(n2cc(NC(=O)c3c(N)nn4cccnc34)c(-c3cc(Cl)ccc3OC(F)F)n2)CC1. The van der Waals surface area contributed by atoms with Crippen molar-refractivity contribution in [2.45, 2.75) is 31.9 Å². The van der Waals surface area contributed by atoms with Gasteiger partial charge in [0.2, 0.25) is 0 Å². The molecule has 224 valence electrons. The van der Waals surface area contributed by atoms with Crippen LogP contribution < -0.4 is 15.8 Å². The summed E-state index contributed by atoms with van der Waals surface area (Å²) in [5.41, 5.74) is 6.91. The number of piperidine rings is 1. The Balaban J connectivity index is 1.45. The van der Waals surface area contributed by atoms with Crippen molar-refractivity contribution in [2.24, 2.45) is 0 Å². The predicted octanol–water partition coefficient (Wildman–Crippen LogP) is 3.75. The lowest BCUT2D eigenvalue weighted by atomic mass is 10.1. The Hall–Kier alpha value is -3.82. The van der Waals surface area contributed by atoms with Crippen molar-refractivity contribution in [2.75, 3.05) is 42.7 Å². The van der Waals surface area contributed by atoms with Crippen LogP contribution in [0, 0.1) is 0 Å². The molecule has 0 radical (unpaired) electrons. The highest BCUT2D eigenvalue weighted by Crippen LogP contribution is 2.38. The predicted molar refractivity (Wildman–Crippen MR) is 154 cm³/mol. The largest absolute Gasteiger partial charge is 0.434 e. The summed E-state index contributed by atoms with van der Waals surface area (Å²) in [7, 11) is -3.02. The van der Waals surface area contributed by atoms with Gasteiger partial charge in [-0.25, -0.2) is 17.9 Å². The number of fused-ring (bicyclic) bond motifs is 1. The van der Waals surface area contributed by atoms with Crippen molar-refractivity contribution in [3.05, 3.63) is 53.4 Å². The van der Waals surface area contributed by atoms with E-state index in [-0.39, 0.29) is 56.5 Å². The molecule has 0 atom stereocenters. The number of anilines is 2. The van der Waals surface area contributed by atoms with Crippen LogP contribution in [0.2, 0.25) is 5.02 Å². The van der Waals surface area contributed by atoms with Gasteiger partial charge in [-0.05, 0) is 50.1 Å². The van der Waals surface area contributed by atoms with E-state index in [1.165, 1.54) is 35.2 Å². The number of sulfone groups is 1.